The first-order valence-corrected chi connectivity index (χ1v) is 8.78. The zero-order chi connectivity index (χ0) is 18.5. The predicted molar refractivity (Wildman–Crippen MR) is 103 cm³/mol. The number of rotatable bonds is 6. The van der Waals surface area contributed by atoms with Gasteiger partial charge in [0.25, 0.3) is 5.91 Å². The second-order valence-corrected chi connectivity index (χ2v) is 6.40. The topological polar surface area (TPSA) is 65.4 Å². The van der Waals surface area contributed by atoms with E-state index >= 15 is 0 Å². The largest absolute Gasteiger partial charge is 0.497 e. The molecule has 134 valence electrons. The third-order valence-corrected chi connectivity index (χ3v) is 4.20. The molecular weight excluding hydrogens is 398 g/mol. The van der Waals surface area contributed by atoms with Crippen LogP contribution in [0.25, 0.3) is 5.69 Å². The highest BCUT2D eigenvalue weighted by atomic mass is 79.9. The minimum Gasteiger partial charge on any atom is -0.497 e. The molecule has 26 heavy (non-hydrogen) atoms. The highest BCUT2D eigenvalue weighted by Crippen LogP contribution is 2.26. The van der Waals surface area contributed by atoms with Gasteiger partial charge in [-0.15, -0.1) is 5.10 Å². The fraction of sp³-hybridized carbons (Fsp3) is 0.158. The Kier molecular flexibility index (Phi) is 5.58. The Bertz CT molecular complexity index is 896. The summed E-state index contributed by atoms with van der Waals surface area (Å²) in [5.74, 6) is 0.738. The van der Waals surface area contributed by atoms with E-state index in [-0.39, 0.29) is 5.91 Å². The molecular formula is C19H18BrN3O3. The molecule has 0 unspecified atom stereocenters. The third-order valence-electron chi connectivity index (χ3n) is 3.65. The number of para-hydroxylation sites is 1. The molecule has 0 aliphatic heterocycles. The van der Waals surface area contributed by atoms with Crippen LogP contribution in [0.4, 0.5) is 5.69 Å². The monoisotopic (exact) mass is 415 g/mol. The Hall–Kier alpha value is -2.80. The predicted octanol–water partition coefficient (Wildman–Crippen LogP) is 4.05. The van der Waals surface area contributed by atoms with Gasteiger partial charge < -0.3 is 14.8 Å². The van der Waals surface area contributed by atoms with E-state index in [1.807, 2.05) is 36.4 Å². The standard InChI is InChI=1S/C19H18BrN3O3/c1-13(18(24)21-14-7-6-10-16(11-14)25-2)26-19-17(20)12-23(22-19)15-8-4-3-5-9-15/h3-13H,1-2H3,(H,21,24)/t13-/m1/s1. The van der Waals surface area contributed by atoms with E-state index < -0.39 is 6.10 Å². The lowest BCUT2D eigenvalue weighted by Gasteiger charge is -2.13. The van der Waals surface area contributed by atoms with Crippen molar-refractivity contribution >= 4 is 27.5 Å². The van der Waals surface area contributed by atoms with E-state index in [1.54, 1.807) is 43.1 Å². The van der Waals surface area contributed by atoms with Gasteiger partial charge in [-0.3, -0.25) is 4.79 Å². The molecule has 0 bridgehead atoms. The molecule has 1 aromatic heterocycles. The van der Waals surface area contributed by atoms with Crippen molar-refractivity contribution in [1.29, 1.82) is 0 Å². The Morgan fingerprint density at radius 3 is 2.69 bits per heavy atom. The van der Waals surface area contributed by atoms with Crippen molar-refractivity contribution in [3.8, 4) is 17.3 Å². The lowest BCUT2D eigenvalue weighted by Crippen LogP contribution is -2.30. The van der Waals surface area contributed by atoms with Crippen LogP contribution in [0.1, 0.15) is 6.92 Å². The molecule has 0 aliphatic rings. The molecule has 0 spiro atoms. The van der Waals surface area contributed by atoms with E-state index in [1.165, 1.54) is 0 Å². The van der Waals surface area contributed by atoms with Crippen molar-refractivity contribution in [2.24, 2.45) is 0 Å². The first-order valence-electron chi connectivity index (χ1n) is 7.99. The quantitative estimate of drug-likeness (QED) is 0.659. The fourth-order valence-corrected chi connectivity index (χ4v) is 2.66. The van der Waals surface area contributed by atoms with Crippen molar-refractivity contribution in [3.63, 3.8) is 0 Å². The van der Waals surface area contributed by atoms with Crippen LogP contribution in [0.3, 0.4) is 0 Å². The summed E-state index contributed by atoms with van der Waals surface area (Å²) in [6, 6.07) is 16.8. The van der Waals surface area contributed by atoms with Gasteiger partial charge in [0, 0.05) is 18.0 Å². The fourth-order valence-electron chi connectivity index (χ4n) is 2.30. The smallest absolute Gasteiger partial charge is 0.265 e. The summed E-state index contributed by atoms with van der Waals surface area (Å²) < 4.78 is 13.2. The third kappa shape index (κ3) is 4.23. The number of halogens is 1. The van der Waals surface area contributed by atoms with Gasteiger partial charge in [-0.05, 0) is 47.1 Å². The van der Waals surface area contributed by atoms with Gasteiger partial charge in [0.2, 0.25) is 5.88 Å². The maximum Gasteiger partial charge on any atom is 0.265 e. The molecule has 6 nitrogen and oxygen atoms in total. The molecule has 0 saturated carbocycles. The van der Waals surface area contributed by atoms with Crippen LogP contribution in [-0.4, -0.2) is 28.9 Å². The first-order chi connectivity index (χ1) is 12.6. The number of nitrogens with one attached hydrogen (secondary N) is 1. The molecule has 0 radical (unpaired) electrons. The van der Waals surface area contributed by atoms with Crippen molar-refractivity contribution < 1.29 is 14.3 Å². The van der Waals surface area contributed by atoms with Gasteiger partial charge in [0.1, 0.15) is 5.75 Å². The number of hydrogen-bond acceptors (Lipinski definition) is 4. The minimum absolute atomic E-state index is 0.278. The maximum absolute atomic E-state index is 12.4. The highest BCUT2D eigenvalue weighted by molar-refractivity contribution is 9.10. The van der Waals surface area contributed by atoms with Crippen molar-refractivity contribution in [1.82, 2.24) is 9.78 Å². The van der Waals surface area contributed by atoms with Crippen molar-refractivity contribution in [2.75, 3.05) is 12.4 Å². The summed E-state index contributed by atoms with van der Waals surface area (Å²) in [7, 11) is 1.58. The lowest BCUT2D eigenvalue weighted by atomic mass is 10.3. The molecule has 0 aliphatic carbocycles. The van der Waals surface area contributed by atoms with E-state index in [4.69, 9.17) is 9.47 Å². The van der Waals surface area contributed by atoms with E-state index in [9.17, 15) is 4.79 Å². The van der Waals surface area contributed by atoms with Gasteiger partial charge in [-0.2, -0.15) is 0 Å². The zero-order valence-corrected chi connectivity index (χ0v) is 15.9. The molecule has 1 heterocycles. The van der Waals surface area contributed by atoms with E-state index in [2.05, 4.69) is 26.3 Å². The number of ether oxygens (including phenoxy) is 2. The summed E-state index contributed by atoms with van der Waals surface area (Å²) in [6.45, 7) is 1.67. The SMILES string of the molecule is COc1cccc(NC(=O)[C@@H](C)Oc2nn(-c3ccccc3)cc2Br)c1. The van der Waals surface area contributed by atoms with Gasteiger partial charge in [-0.1, -0.05) is 24.3 Å². The van der Waals surface area contributed by atoms with Crippen LogP contribution in [0.2, 0.25) is 0 Å². The summed E-state index contributed by atoms with van der Waals surface area (Å²) in [6.07, 6.45) is 1.06. The molecule has 3 rings (SSSR count). The number of methoxy groups -OCH3 is 1. The van der Waals surface area contributed by atoms with Crippen LogP contribution in [0.15, 0.2) is 65.3 Å². The molecule has 0 fully saturated rings. The van der Waals surface area contributed by atoms with Gasteiger partial charge >= 0.3 is 0 Å². The minimum atomic E-state index is -0.725. The molecule has 3 aromatic rings. The van der Waals surface area contributed by atoms with Crippen molar-refractivity contribution in [2.45, 2.75) is 13.0 Å². The average molecular weight is 416 g/mol. The molecule has 2 aromatic carbocycles. The number of carbonyl (C=O) groups is 1. The Labute approximate surface area is 159 Å². The van der Waals surface area contributed by atoms with Gasteiger partial charge in [0.05, 0.1) is 17.3 Å². The second-order valence-electron chi connectivity index (χ2n) is 5.54. The molecule has 1 N–H and O–H groups in total. The van der Waals surface area contributed by atoms with Crippen molar-refractivity contribution in [3.05, 3.63) is 65.3 Å². The van der Waals surface area contributed by atoms with Crippen LogP contribution in [-0.2, 0) is 4.79 Å². The number of amides is 1. The molecule has 1 atom stereocenters. The highest BCUT2D eigenvalue weighted by Gasteiger charge is 2.19. The summed E-state index contributed by atoms with van der Waals surface area (Å²) >= 11 is 3.42. The van der Waals surface area contributed by atoms with Crippen LogP contribution in [0, 0.1) is 0 Å². The molecule has 0 saturated heterocycles. The van der Waals surface area contributed by atoms with Crippen LogP contribution < -0.4 is 14.8 Å². The van der Waals surface area contributed by atoms with Gasteiger partial charge in [-0.25, -0.2) is 4.68 Å². The zero-order valence-electron chi connectivity index (χ0n) is 14.3. The van der Waals surface area contributed by atoms with Gasteiger partial charge in [0.15, 0.2) is 6.10 Å². The number of nitrogens with zero attached hydrogens (tertiary/aromatic N) is 2. The summed E-state index contributed by atoms with van der Waals surface area (Å²) in [5.41, 5.74) is 1.54. The number of aromatic nitrogens is 2. The normalized spacial score (nSPS) is 11.7. The first kappa shape index (κ1) is 18.0. The Balaban J connectivity index is 1.68. The molecule has 7 heteroatoms. The Morgan fingerprint density at radius 2 is 1.96 bits per heavy atom. The van der Waals surface area contributed by atoms with Crippen LogP contribution >= 0.6 is 15.9 Å². The number of hydrogen-bond donors (Lipinski definition) is 1. The maximum atomic E-state index is 12.4. The Morgan fingerprint density at radius 1 is 1.19 bits per heavy atom. The average Bonchev–Trinajstić information content (AvgIpc) is 3.03. The number of carbonyl (C=O) groups excluding carboxylic acids is 1. The molecule has 1 amide bonds. The van der Waals surface area contributed by atoms with Crippen LogP contribution in [0.5, 0.6) is 11.6 Å². The van der Waals surface area contributed by atoms with E-state index in [0.717, 1.165) is 5.69 Å². The number of anilines is 1. The second kappa shape index (κ2) is 8.05. The summed E-state index contributed by atoms with van der Waals surface area (Å²) in [5, 5.41) is 7.19. The summed E-state index contributed by atoms with van der Waals surface area (Å²) in [4.78, 5) is 12.4. The number of benzene rings is 2. The van der Waals surface area contributed by atoms with E-state index in [0.29, 0.717) is 21.8 Å². The lowest BCUT2D eigenvalue weighted by molar-refractivity contribution is -0.122.